The molecule has 0 unspecified atom stereocenters. The minimum Gasteiger partial charge on any atom is -0.452 e. The van der Waals surface area contributed by atoms with Gasteiger partial charge in [0.05, 0.1) is 0 Å². The van der Waals surface area contributed by atoms with E-state index in [9.17, 15) is 19.2 Å². The fourth-order valence-corrected chi connectivity index (χ4v) is 2.38. The van der Waals surface area contributed by atoms with Gasteiger partial charge in [0.25, 0.3) is 11.8 Å². The zero-order chi connectivity index (χ0) is 20.1. The Kier molecular flexibility index (Phi) is 5.71. The highest BCUT2D eigenvalue weighted by Crippen LogP contribution is 2.13. The average Bonchev–Trinajstić information content (AvgIpc) is 2.70. The van der Waals surface area contributed by atoms with Gasteiger partial charge >= 0.3 is 11.6 Å². The number of esters is 1. The van der Waals surface area contributed by atoms with E-state index in [0.717, 1.165) is 0 Å². The van der Waals surface area contributed by atoms with Crippen molar-refractivity contribution in [2.24, 2.45) is 0 Å². The molecule has 0 fully saturated rings. The quantitative estimate of drug-likeness (QED) is 0.393. The highest BCUT2D eigenvalue weighted by molar-refractivity contribution is 6.30. The first-order chi connectivity index (χ1) is 13.4. The number of hydrogen-bond acceptors (Lipinski definition) is 6. The molecule has 0 aliphatic carbocycles. The number of carbonyl (C=O) groups is 3. The van der Waals surface area contributed by atoms with Gasteiger partial charge in [0.2, 0.25) is 0 Å². The summed E-state index contributed by atoms with van der Waals surface area (Å²) in [6, 6.07) is 14.0. The van der Waals surface area contributed by atoms with Crippen molar-refractivity contribution in [1.29, 1.82) is 0 Å². The Morgan fingerprint density at radius 1 is 1.00 bits per heavy atom. The number of ether oxygens (including phenoxy) is 1. The molecular formula is C19H13ClN2O6. The number of halogens is 1. The number of rotatable bonds is 4. The molecule has 28 heavy (non-hydrogen) atoms. The number of fused-ring (bicyclic) bond motifs is 1. The van der Waals surface area contributed by atoms with Crippen molar-refractivity contribution in [1.82, 2.24) is 10.9 Å². The van der Waals surface area contributed by atoms with Crippen molar-refractivity contribution in [2.75, 3.05) is 6.61 Å². The third kappa shape index (κ3) is 4.54. The van der Waals surface area contributed by atoms with Crippen LogP contribution >= 0.6 is 11.6 Å². The van der Waals surface area contributed by atoms with E-state index < -0.39 is 30.0 Å². The molecule has 142 valence electrons. The second kappa shape index (κ2) is 8.36. The van der Waals surface area contributed by atoms with Crippen LogP contribution in [0.3, 0.4) is 0 Å². The van der Waals surface area contributed by atoms with Gasteiger partial charge in [-0.05, 0) is 36.4 Å². The predicted octanol–water partition coefficient (Wildman–Crippen LogP) is 2.06. The zero-order valence-electron chi connectivity index (χ0n) is 14.2. The summed E-state index contributed by atoms with van der Waals surface area (Å²) in [5.74, 6) is -2.38. The standard InChI is InChI=1S/C19H13ClN2O6/c20-13-7-5-11(6-8-13)17(24)22-21-16(23)10-27-18(25)14-9-12-3-1-2-4-15(12)28-19(14)26/h1-9H,10H2,(H,21,23)(H,22,24). The number of amides is 2. The molecule has 0 aliphatic rings. The van der Waals surface area contributed by atoms with Crippen molar-refractivity contribution < 1.29 is 23.5 Å². The molecule has 2 amide bonds. The van der Waals surface area contributed by atoms with Gasteiger partial charge in [-0.1, -0.05) is 29.8 Å². The number of nitrogens with one attached hydrogen (secondary N) is 2. The van der Waals surface area contributed by atoms with Crippen LogP contribution in [0.25, 0.3) is 11.0 Å². The summed E-state index contributed by atoms with van der Waals surface area (Å²) < 4.78 is 9.83. The Morgan fingerprint density at radius 2 is 1.71 bits per heavy atom. The van der Waals surface area contributed by atoms with Crippen LogP contribution in [0.5, 0.6) is 0 Å². The summed E-state index contributed by atoms with van der Waals surface area (Å²) in [7, 11) is 0. The van der Waals surface area contributed by atoms with Gasteiger partial charge in [-0.2, -0.15) is 0 Å². The molecule has 0 spiro atoms. The van der Waals surface area contributed by atoms with Crippen molar-refractivity contribution in [3.05, 3.63) is 81.2 Å². The molecule has 2 aromatic carbocycles. The van der Waals surface area contributed by atoms with Gasteiger partial charge in [-0.15, -0.1) is 0 Å². The molecule has 9 heteroatoms. The van der Waals surface area contributed by atoms with E-state index in [0.29, 0.717) is 16.0 Å². The monoisotopic (exact) mass is 400 g/mol. The molecule has 0 bridgehead atoms. The lowest BCUT2D eigenvalue weighted by molar-refractivity contribution is -0.125. The number of hydrazine groups is 1. The minimum atomic E-state index is -1.02. The highest BCUT2D eigenvalue weighted by Gasteiger charge is 2.17. The first-order valence-electron chi connectivity index (χ1n) is 7.99. The van der Waals surface area contributed by atoms with Crippen LogP contribution in [0.15, 0.2) is 63.8 Å². The van der Waals surface area contributed by atoms with E-state index in [1.807, 2.05) is 0 Å². The van der Waals surface area contributed by atoms with Gasteiger partial charge in [-0.3, -0.25) is 20.4 Å². The summed E-state index contributed by atoms with van der Waals surface area (Å²) in [6.07, 6.45) is 0. The highest BCUT2D eigenvalue weighted by atomic mass is 35.5. The molecule has 0 saturated carbocycles. The van der Waals surface area contributed by atoms with E-state index in [1.165, 1.54) is 30.3 Å². The van der Waals surface area contributed by atoms with E-state index in [4.69, 9.17) is 20.8 Å². The lowest BCUT2D eigenvalue weighted by atomic mass is 10.2. The average molecular weight is 401 g/mol. The number of para-hydroxylation sites is 1. The van der Waals surface area contributed by atoms with E-state index in [-0.39, 0.29) is 11.1 Å². The van der Waals surface area contributed by atoms with Crippen LogP contribution in [0.1, 0.15) is 20.7 Å². The first kappa shape index (κ1) is 19.1. The molecule has 8 nitrogen and oxygen atoms in total. The molecule has 2 N–H and O–H groups in total. The minimum absolute atomic E-state index is 0.274. The van der Waals surface area contributed by atoms with Gasteiger partial charge in [-0.25, -0.2) is 9.59 Å². The molecule has 3 aromatic rings. The topological polar surface area (TPSA) is 115 Å². The maximum atomic E-state index is 12.0. The normalized spacial score (nSPS) is 10.3. The molecule has 1 aromatic heterocycles. The Labute approximate surface area is 163 Å². The Hall–Kier alpha value is -3.65. The van der Waals surface area contributed by atoms with E-state index in [1.54, 1.807) is 24.3 Å². The van der Waals surface area contributed by atoms with Crippen molar-refractivity contribution >= 4 is 40.4 Å². The summed E-state index contributed by atoms with van der Waals surface area (Å²) in [6.45, 7) is -0.702. The summed E-state index contributed by atoms with van der Waals surface area (Å²) in [4.78, 5) is 47.5. The number of benzene rings is 2. The maximum Gasteiger partial charge on any atom is 0.351 e. The molecular weight excluding hydrogens is 388 g/mol. The molecule has 0 radical (unpaired) electrons. The van der Waals surface area contributed by atoms with Gasteiger partial charge in [0.1, 0.15) is 11.1 Å². The second-order valence-corrected chi connectivity index (χ2v) is 6.01. The van der Waals surface area contributed by atoms with Gasteiger partial charge in [0.15, 0.2) is 6.61 Å². The Balaban J connectivity index is 1.55. The second-order valence-electron chi connectivity index (χ2n) is 5.57. The van der Waals surface area contributed by atoms with Crippen molar-refractivity contribution in [3.8, 4) is 0 Å². The van der Waals surface area contributed by atoms with Crippen LogP contribution in [-0.2, 0) is 9.53 Å². The van der Waals surface area contributed by atoms with E-state index >= 15 is 0 Å². The summed E-state index contributed by atoms with van der Waals surface area (Å²) in [5, 5.41) is 0.999. The molecule has 1 heterocycles. The van der Waals surface area contributed by atoms with E-state index in [2.05, 4.69) is 10.9 Å². The van der Waals surface area contributed by atoms with Crippen LogP contribution in [-0.4, -0.2) is 24.4 Å². The Bertz CT molecular complexity index is 1110. The molecule has 0 atom stereocenters. The van der Waals surface area contributed by atoms with Crippen LogP contribution < -0.4 is 16.5 Å². The predicted molar refractivity (Wildman–Crippen MR) is 99.8 cm³/mol. The molecule has 3 rings (SSSR count). The largest absolute Gasteiger partial charge is 0.452 e. The summed E-state index contributed by atoms with van der Waals surface area (Å²) in [5.41, 5.74) is 3.65. The zero-order valence-corrected chi connectivity index (χ0v) is 15.0. The number of hydrogen-bond donors (Lipinski definition) is 2. The van der Waals surface area contributed by atoms with Crippen LogP contribution in [0, 0.1) is 0 Å². The van der Waals surface area contributed by atoms with Gasteiger partial charge in [0, 0.05) is 16.0 Å². The lowest BCUT2D eigenvalue weighted by Crippen LogP contribution is -2.43. The Morgan fingerprint density at radius 3 is 2.46 bits per heavy atom. The molecule has 0 aliphatic heterocycles. The molecule has 0 saturated heterocycles. The van der Waals surface area contributed by atoms with Crippen LogP contribution in [0.2, 0.25) is 5.02 Å². The SMILES string of the molecule is O=C(COC(=O)c1cc2ccccc2oc1=O)NNC(=O)c1ccc(Cl)cc1. The first-order valence-corrected chi connectivity index (χ1v) is 8.36. The van der Waals surface area contributed by atoms with Crippen molar-refractivity contribution in [3.63, 3.8) is 0 Å². The fraction of sp³-hybridized carbons (Fsp3) is 0.0526. The van der Waals surface area contributed by atoms with Crippen molar-refractivity contribution in [2.45, 2.75) is 0 Å². The summed E-state index contributed by atoms with van der Waals surface area (Å²) >= 11 is 5.73. The fourth-order valence-electron chi connectivity index (χ4n) is 2.25. The maximum absolute atomic E-state index is 12.0. The lowest BCUT2D eigenvalue weighted by Gasteiger charge is -2.08. The van der Waals surface area contributed by atoms with Gasteiger partial charge < -0.3 is 9.15 Å². The smallest absolute Gasteiger partial charge is 0.351 e. The number of carbonyl (C=O) groups excluding carboxylic acids is 3. The third-order valence-electron chi connectivity index (χ3n) is 3.62. The van der Waals surface area contributed by atoms with Crippen LogP contribution in [0.4, 0.5) is 0 Å². The third-order valence-corrected chi connectivity index (χ3v) is 3.87.